The van der Waals surface area contributed by atoms with Crippen LogP contribution in [0.2, 0.25) is 0 Å². The summed E-state index contributed by atoms with van der Waals surface area (Å²) in [5, 5.41) is 5.19. The van der Waals surface area contributed by atoms with Crippen LogP contribution in [0, 0.1) is 11.2 Å². The minimum Gasteiger partial charge on any atom is -0.347 e. The molecule has 0 radical (unpaired) electrons. The molecule has 1 fully saturated rings. The molecule has 1 aromatic carbocycles. The van der Waals surface area contributed by atoms with E-state index in [2.05, 4.69) is 10.6 Å². The number of carbonyl (C=O) groups is 3. The van der Waals surface area contributed by atoms with Gasteiger partial charge in [0.25, 0.3) is 5.91 Å². The summed E-state index contributed by atoms with van der Waals surface area (Å²) in [5.41, 5.74) is 0.426. The van der Waals surface area contributed by atoms with E-state index in [0.717, 1.165) is 10.5 Å². The molecule has 2 rings (SSSR count). The monoisotopic (exact) mass is 321 g/mol. The van der Waals surface area contributed by atoms with Crippen LogP contribution in [0.25, 0.3) is 0 Å². The van der Waals surface area contributed by atoms with Gasteiger partial charge in [0.2, 0.25) is 5.91 Å². The van der Waals surface area contributed by atoms with Gasteiger partial charge in [-0.2, -0.15) is 0 Å². The summed E-state index contributed by atoms with van der Waals surface area (Å²) in [6, 6.07) is 4.93. The van der Waals surface area contributed by atoms with Gasteiger partial charge in [-0.1, -0.05) is 32.9 Å². The van der Waals surface area contributed by atoms with Crippen molar-refractivity contribution in [3.8, 4) is 0 Å². The number of imide groups is 1. The Kier molecular flexibility index (Phi) is 4.68. The van der Waals surface area contributed by atoms with Gasteiger partial charge < -0.3 is 10.6 Å². The molecule has 1 atom stereocenters. The molecule has 4 amide bonds. The van der Waals surface area contributed by atoms with Crippen LogP contribution in [-0.2, 0) is 9.59 Å². The van der Waals surface area contributed by atoms with E-state index in [1.807, 2.05) is 20.8 Å². The Labute approximate surface area is 134 Å². The fourth-order valence-electron chi connectivity index (χ4n) is 2.42. The van der Waals surface area contributed by atoms with E-state index in [-0.39, 0.29) is 30.4 Å². The lowest BCUT2D eigenvalue weighted by molar-refractivity contribution is -0.131. The van der Waals surface area contributed by atoms with Gasteiger partial charge in [-0.05, 0) is 23.1 Å². The molecule has 0 aliphatic carbocycles. The maximum atomic E-state index is 13.1. The Morgan fingerprint density at radius 2 is 1.91 bits per heavy atom. The quantitative estimate of drug-likeness (QED) is 0.827. The SMILES string of the molecule is CC(C)(C)C(NC(=O)CN1C(=O)CNC1=O)c1ccc(F)cc1. The van der Waals surface area contributed by atoms with Gasteiger partial charge in [0, 0.05) is 0 Å². The third-order valence-corrected chi connectivity index (χ3v) is 3.61. The standard InChI is InChI=1S/C16H20FN3O3/c1-16(2,3)14(10-4-6-11(17)7-5-10)19-12(21)9-20-13(22)8-18-15(20)23/h4-7,14H,8-9H2,1-3H3,(H,18,23)(H,19,21). The summed E-state index contributed by atoms with van der Waals surface area (Å²) in [6.07, 6.45) is 0. The van der Waals surface area contributed by atoms with E-state index in [1.54, 1.807) is 12.1 Å². The number of halogens is 1. The largest absolute Gasteiger partial charge is 0.347 e. The molecule has 6 nitrogen and oxygen atoms in total. The van der Waals surface area contributed by atoms with Crippen molar-refractivity contribution >= 4 is 17.8 Å². The zero-order valence-electron chi connectivity index (χ0n) is 13.4. The highest BCUT2D eigenvalue weighted by Gasteiger charge is 2.33. The van der Waals surface area contributed by atoms with Crippen molar-refractivity contribution < 1.29 is 18.8 Å². The average molecular weight is 321 g/mol. The first-order chi connectivity index (χ1) is 10.7. The van der Waals surface area contributed by atoms with Crippen LogP contribution in [0.1, 0.15) is 32.4 Å². The van der Waals surface area contributed by atoms with Crippen molar-refractivity contribution in [2.24, 2.45) is 5.41 Å². The average Bonchev–Trinajstić information content (AvgIpc) is 2.77. The van der Waals surface area contributed by atoms with Gasteiger partial charge in [0.1, 0.15) is 12.4 Å². The molecule has 1 saturated heterocycles. The summed E-state index contributed by atoms with van der Waals surface area (Å²) in [5.74, 6) is -1.23. The molecule has 1 heterocycles. The Morgan fingerprint density at radius 1 is 1.30 bits per heavy atom. The molecule has 0 bridgehead atoms. The fourth-order valence-corrected chi connectivity index (χ4v) is 2.42. The van der Waals surface area contributed by atoms with Crippen LogP contribution >= 0.6 is 0 Å². The first-order valence-corrected chi connectivity index (χ1v) is 7.31. The number of nitrogens with zero attached hydrogens (tertiary/aromatic N) is 1. The van der Waals surface area contributed by atoms with Crippen LogP contribution in [0.5, 0.6) is 0 Å². The fraction of sp³-hybridized carbons (Fsp3) is 0.438. The van der Waals surface area contributed by atoms with Crippen LogP contribution < -0.4 is 10.6 Å². The van der Waals surface area contributed by atoms with E-state index in [0.29, 0.717) is 0 Å². The maximum absolute atomic E-state index is 13.1. The predicted molar refractivity (Wildman–Crippen MR) is 81.9 cm³/mol. The lowest BCUT2D eigenvalue weighted by atomic mass is 9.82. The van der Waals surface area contributed by atoms with Gasteiger partial charge in [0.05, 0.1) is 12.6 Å². The second kappa shape index (κ2) is 6.36. The summed E-state index contributed by atoms with van der Waals surface area (Å²) in [4.78, 5) is 36.1. The Bertz CT molecular complexity index is 606. The summed E-state index contributed by atoms with van der Waals surface area (Å²) >= 11 is 0. The van der Waals surface area contributed by atoms with E-state index in [1.165, 1.54) is 12.1 Å². The molecule has 1 aliphatic heterocycles. The van der Waals surface area contributed by atoms with E-state index >= 15 is 0 Å². The minimum absolute atomic E-state index is 0.0905. The number of hydrogen-bond acceptors (Lipinski definition) is 3. The summed E-state index contributed by atoms with van der Waals surface area (Å²) in [6.45, 7) is 5.39. The van der Waals surface area contributed by atoms with Gasteiger partial charge in [0.15, 0.2) is 0 Å². The van der Waals surface area contributed by atoms with Gasteiger partial charge in [-0.25, -0.2) is 9.18 Å². The second-order valence-electron chi connectivity index (χ2n) is 6.56. The van der Waals surface area contributed by atoms with E-state index < -0.39 is 17.8 Å². The lowest BCUT2D eigenvalue weighted by Gasteiger charge is -2.32. The van der Waals surface area contributed by atoms with Crippen LogP contribution in [0.15, 0.2) is 24.3 Å². The smallest absolute Gasteiger partial charge is 0.325 e. The molecule has 1 aliphatic rings. The van der Waals surface area contributed by atoms with Crippen molar-refractivity contribution in [2.75, 3.05) is 13.1 Å². The van der Waals surface area contributed by atoms with Gasteiger partial charge >= 0.3 is 6.03 Å². The molecule has 7 heteroatoms. The third-order valence-electron chi connectivity index (χ3n) is 3.61. The lowest BCUT2D eigenvalue weighted by Crippen LogP contribution is -2.44. The molecule has 1 unspecified atom stereocenters. The van der Waals surface area contributed by atoms with Crippen LogP contribution in [-0.4, -0.2) is 35.8 Å². The second-order valence-corrected chi connectivity index (χ2v) is 6.56. The van der Waals surface area contributed by atoms with Crippen molar-refractivity contribution in [1.29, 1.82) is 0 Å². The van der Waals surface area contributed by atoms with Crippen molar-refractivity contribution in [3.63, 3.8) is 0 Å². The Morgan fingerprint density at radius 3 is 2.39 bits per heavy atom. The van der Waals surface area contributed by atoms with E-state index in [9.17, 15) is 18.8 Å². The minimum atomic E-state index is -0.570. The number of nitrogens with one attached hydrogen (secondary N) is 2. The topological polar surface area (TPSA) is 78.5 Å². The highest BCUT2D eigenvalue weighted by molar-refractivity contribution is 6.04. The van der Waals surface area contributed by atoms with Crippen molar-refractivity contribution in [3.05, 3.63) is 35.6 Å². The maximum Gasteiger partial charge on any atom is 0.325 e. The highest BCUT2D eigenvalue weighted by atomic mass is 19.1. The first-order valence-electron chi connectivity index (χ1n) is 7.31. The first kappa shape index (κ1) is 16.9. The molecule has 2 N–H and O–H groups in total. The Hall–Kier alpha value is -2.44. The molecule has 1 aromatic rings. The Balaban J connectivity index is 2.12. The molecule has 0 saturated carbocycles. The molecule has 23 heavy (non-hydrogen) atoms. The molecule has 0 aromatic heterocycles. The van der Waals surface area contributed by atoms with E-state index in [4.69, 9.17) is 0 Å². The van der Waals surface area contributed by atoms with Gasteiger partial charge in [-0.3, -0.25) is 14.5 Å². The van der Waals surface area contributed by atoms with Crippen molar-refractivity contribution in [1.82, 2.24) is 15.5 Å². The number of amides is 4. The zero-order chi connectivity index (χ0) is 17.2. The molecule has 124 valence electrons. The molecular formula is C16H20FN3O3. The predicted octanol–water partition coefficient (Wildman–Crippen LogP) is 1.58. The molecular weight excluding hydrogens is 301 g/mol. The number of carbonyl (C=O) groups excluding carboxylic acids is 3. The van der Waals surface area contributed by atoms with Crippen molar-refractivity contribution in [2.45, 2.75) is 26.8 Å². The molecule has 0 spiro atoms. The number of hydrogen-bond donors (Lipinski definition) is 2. The number of urea groups is 1. The highest BCUT2D eigenvalue weighted by Crippen LogP contribution is 2.32. The normalized spacial score (nSPS) is 16.3. The summed E-state index contributed by atoms with van der Waals surface area (Å²) in [7, 11) is 0. The van der Waals surface area contributed by atoms with Crippen LogP contribution in [0.3, 0.4) is 0 Å². The number of benzene rings is 1. The zero-order valence-corrected chi connectivity index (χ0v) is 13.4. The van der Waals surface area contributed by atoms with Crippen LogP contribution in [0.4, 0.5) is 9.18 Å². The third kappa shape index (κ3) is 4.06. The number of rotatable bonds is 4. The summed E-state index contributed by atoms with van der Waals surface area (Å²) < 4.78 is 13.1. The van der Waals surface area contributed by atoms with Gasteiger partial charge in [-0.15, -0.1) is 0 Å².